The lowest BCUT2D eigenvalue weighted by Gasteiger charge is -2.10. The molecule has 1 unspecified atom stereocenters. The summed E-state index contributed by atoms with van der Waals surface area (Å²) in [5.41, 5.74) is 1.12. The summed E-state index contributed by atoms with van der Waals surface area (Å²) >= 11 is 5.04. The average Bonchev–Trinajstić information content (AvgIpc) is 2.42. The molecule has 0 aromatic heterocycles. The minimum Gasteiger partial charge on any atom is -0.496 e. The first-order valence-corrected chi connectivity index (χ1v) is 7.86. The van der Waals surface area contributed by atoms with Crippen LogP contribution in [-0.4, -0.2) is 36.4 Å². The number of carbonyl (C=O) groups excluding carboxylic acids is 1. The monoisotopic (exact) mass is 361 g/mol. The first kappa shape index (κ1) is 16.8. The normalized spacial score (nSPS) is 11.7. The Morgan fingerprint density at radius 2 is 2.35 bits per heavy atom. The number of methoxy groups -OCH3 is 1. The van der Waals surface area contributed by atoms with Gasteiger partial charge in [-0.05, 0) is 45.8 Å². The van der Waals surface area contributed by atoms with Crippen molar-refractivity contribution < 1.29 is 19.4 Å². The number of carboxylic acids is 1. The largest absolute Gasteiger partial charge is 0.496 e. The SMILES string of the molecule is COc1ccc(CSCCC(NC=O)C(=O)O)cc1Br. The molecule has 0 aliphatic rings. The number of nitrogens with one attached hydrogen (secondary N) is 1. The van der Waals surface area contributed by atoms with Gasteiger partial charge in [-0.25, -0.2) is 4.79 Å². The van der Waals surface area contributed by atoms with Crippen LogP contribution in [-0.2, 0) is 15.3 Å². The number of carboxylic acid groups (broad SMARTS) is 1. The lowest BCUT2D eigenvalue weighted by molar-refractivity contribution is -0.140. The topological polar surface area (TPSA) is 75.6 Å². The first-order chi connectivity index (χ1) is 9.58. The lowest BCUT2D eigenvalue weighted by Crippen LogP contribution is -2.36. The van der Waals surface area contributed by atoms with Crippen LogP contribution in [0.4, 0.5) is 0 Å². The molecule has 0 saturated heterocycles. The van der Waals surface area contributed by atoms with Gasteiger partial charge in [0.05, 0.1) is 11.6 Å². The molecule has 0 radical (unpaired) electrons. The smallest absolute Gasteiger partial charge is 0.326 e. The number of ether oxygens (including phenoxy) is 1. The Morgan fingerprint density at radius 1 is 1.60 bits per heavy atom. The van der Waals surface area contributed by atoms with Gasteiger partial charge in [-0.2, -0.15) is 11.8 Å². The number of amides is 1. The third kappa shape index (κ3) is 5.42. The minimum atomic E-state index is -1.01. The molecular weight excluding hydrogens is 346 g/mol. The van der Waals surface area contributed by atoms with Crippen LogP contribution in [0.5, 0.6) is 5.75 Å². The minimum absolute atomic E-state index is 0.399. The van der Waals surface area contributed by atoms with E-state index >= 15 is 0 Å². The third-order valence-corrected chi connectivity index (χ3v) is 4.28. The molecule has 0 bridgehead atoms. The zero-order valence-corrected chi connectivity index (χ0v) is 13.4. The number of aliphatic carboxylic acids is 1. The molecule has 0 heterocycles. The second-order valence-electron chi connectivity index (χ2n) is 3.99. The Hall–Kier alpha value is -1.21. The van der Waals surface area contributed by atoms with E-state index in [1.165, 1.54) is 0 Å². The molecule has 110 valence electrons. The number of thioether (sulfide) groups is 1. The highest BCUT2D eigenvalue weighted by molar-refractivity contribution is 9.10. The van der Waals surface area contributed by atoms with Gasteiger partial charge in [-0.1, -0.05) is 6.07 Å². The Labute approximate surface area is 130 Å². The maximum absolute atomic E-state index is 10.8. The van der Waals surface area contributed by atoms with Crippen molar-refractivity contribution >= 4 is 40.1 Å². The molecule has 7 heteroatoms. The summed E-state index contributed by atoms with van der Waals surface area (Å²) in [5, 5.41) is 11.2. The lowest BCUT2D eigenvalue weighted by atomic mass is 10.2. The van der Waals surface area contributed by atoms with Gasteiger partial charge < -0.3 is 15.2 Å². The summed E-state index contributed by atoms with van der Waals surface area (Å²) in [6, 6.07) is 5.01. The van der Waals surface area contributed by atoms with Crippen LogP contribution in [0.15, 0.2) is 22.7 Å². The van der Waals surface area contributed by atoms with Crippen LogP contribution in [0.25, 0.3) is 0 Å². The summed E-state index contributed by atoms with van der Waals surface area (Å²) in [4.78, 5) is 21.1. The van der Waals surface area contributed by atoms with Crippen molar-refractivity contribution in [2.45, 2.75) is 18.2 Å². The van der Waals surface area contributed by atoms with Crippen LogP contribution in [0.1, 0.15) is 12.0 Å². The zero-order chi connectivity index (χ0) is 15.0. The molecule has 0 saturated carbocycles. The number of benzene rings is 1. The Balaban J connectivity index is 2.38. The van der Waals surface area contributed by atoms with E-state index in [0.29, 0.717) is 18.6 Å². The Kier molecular flexibility index (Phi) is 7.46. The number of carbonyl (C=O) groups is 2. The van der Waals surface area contributed by atoms with Crippen molar-refractivity contribution in [3.05, 3.63) is 28.2 Å². The van der Waals surface area contributed by atoms with Crippen molar-refractivity contribution in [1.82, 2.24) is 5.32 Å². The highest BCUT2D eigenvalue weighted by atomic mass is 79.9. The Bertz CT molecular complexity index is 470. The maximum Gasteiger partial charge on any atom is 0.326 e. The van der Waals surface area contributed by atoms with E-state index in [1.54, 1.807) is 18.9 Å². The number of rotatable bonds is 9. The average molecular weight is 362 g/mol. The molecule has 1 aromatic rings. The fourth-order valence-electron chi connectivity index (χ4n) is 1.55. The van der Waals surface area contributed by atoms with E-state index in [-0.39, 0.29) is 0 Å². The van der Waals surface area contributed by atoms with Gasteiger partial charge in [0, 0.05) is 5.75 Å². The molecule has 0 spiro atoms. The van der Waals surface area contributed by atoms with Gasteiger partial charge >= 0.3 is 5.97 Å². The fraction of sp³-hybridized carbons (Fsp3) is 0.385. The van der Waals surface area contributed by atoms with Gasteiger partial charge in [0.1, 0.15) is 11.8 Å². The van der Waals surface area contributed by atoms with Crippen LogP contribution in [0, 0.1) is 0 Å². The highest BCUT2D eigenvalue weighted by Gasteiger charge is 2.15. The van der Waals surface area contributed by atoms with E-state index in [4.69, 9.17) is 9.84 Å². The van der Waals surface area contributed by atoms with E-state index in [2.05, 4.69) is 21.2 Å². The summed E-state index contributed by atoms with van der Waals surface area (Å²) < 4.78 is 6.04. The predicted octanol–water partition coefficient (Wildman–Crippen LogP) is 2.28. The van der Waals surface area contributed by atoms with Crippen LogP contribution >= 0.6 is 27.7 Å². The third-order valence-electron chi connectivity index (χ3n) is 2.60. The molecule has 5 nitrogen and oxygen atoms in total. The number of hydrogen-bond donors (Lipinski definition) is 2. The molecule has 0 aliphatic carbocycles. The van der Waals surface area contributed by atoms with Crippen molar-refractivity contribution in [2.75, 3.05) is 12.9 Å². The standard InChI is InChI=1S/C13H16BrNO4S/c1-19-12-3-2-9(6-10(12)14)7-20-5-4-11(13(17)18)15-8-16/h2-3,6,8,11H,4-5,7H2,1H3,(H,15,16)(H,17,18). The fourth-order valence-corrected chi connectivity index (χ4v) is 3.10. The first-order valence-electron chi connectivity index (χ1n) is 5.91. The molecule has 0 aliphatic heterocycles. The van der Waals surface area contributed by atoms with Gasteiger partial charge in [0.15, 0.2) is 0 Å². The summed E-state index contributed by atoms with van der Waals surface area (Å²) in [7, 11) is 1.61. The van der Waals surface area contributed by atoms with Crippen molar-refractivity contribution in [1.29, 1.82) is 0 Å². The van der Waals surface area contributed by atoms with E-state index in [1.807, 2.05) is 18.2 Å². The summed E-state index contributed by atoms with van der Waals surface area (Å²) in [5.74, 6) is 1.20. The predicted molar refractivity (Wildman–Crippen MR) is 82.1 cm³/mol. The van der Waals surface area contributed by atoms with Crippen molar-refractivity contribution in [3.63, 3.8) is 0 Å². The van der Waals surface area contributed by atoms with Crippen molar-refractivity contribution in [3.8, 4) is 5.75 Å². The number of halogens is 1. The van der Waals surface area contributed by atoms with E-state index < -0.39 is 12.0 Å². The summed E-state index contributed by atoms with van der Waals surface area (Å²) in [6.07, 6.45) is 0.820. The van der Waals surface area contributed by atoms with Gasteiger partial charge in [-0.3, -0.25) is 4.79 Å². The second kappa shape index (κ2) is 8.86. The number of hydrogen-bond acceptors (Lipinski definition) is 4. The van der Waals surface area contributed by atoms with Crippen molar-refractivity contribution in [2.24, 2.45) is 0 Å². The highest BCUT2D eigenvalue weighted by Crippen LogP contribution is 2.27. The van der Waals surface area contributed by atoms with E-state index in [0.717, 1.165) is 21.5 Å². The molecule has 1 amide bonds. The maximum atomic E-state index is 10.8. The van der Waals surface area contributed by atoms with Crippen LogP contribution < -0.4 is 10.1 Å². The summed E-state index contributed by atoms with van der Waals surface area (Å²) in [6.45, 7) is 0. The Morgan fingerprint density at radius 3 is 2.90 bits per heavy atom. The zero-order valence-electron chi connectivity index (χ0n) is 11.0. The van der Waals surface area contributed by atoms with Gasteiger partial charge in [0.2, 0.25) is 6.41 Å². The molecule has 1 atom stereocenters. The molecule has 0 fully saturated rings. The van der Waals surface area contributed by atoms with Gasteiger partial charge in [0.25, 0.3) is 0 Å². The molecule has 2 N–H and O–H groups in total. The van der Waals surface area contributed by atoms with Crippen LogP contribution in [0.2, 0.25) is 0 Å². The quantitative estimate of drug-likeness (QED) is 0.521. The van der Waals surface area contributed by atoms with E-state index in [9.17, 15) is 9.59 Å². The second-order valence-corrected chi connectivity index (χ2v) is 5.95. The molecule has 1 rings (SSSR count). The molecular formula is C13H16BrNO4S. The molecule has 1 aromatic carbocycles. The van der Waals surface area contributed by atoms with Crippen LogP contribution in [0.3, 0.4) is 0 Å². The van der Waals surface area contributed by atoms with Gasteiger partial charge in [-0.15, -0.1) is 0 Å². The molecule has 20 heavy (non-hydrogen) atoms.